The Bertz CT molecular complexity index is 1290. The Morgan fingerprint density at radius 3 is 2.76 bits per heavy atom. The van der Waals surface area contributed by atoms with Crippen LogP contribution in [0.1, 0.15) is 28.4 Å². The van der Waals surface area contributed by atoms with Gasteiger partial charge in [-0.2, -0.15) is 0 Å². The van der Waals surface area contributed by atoms with Crippen molar-refractivity contribution < 1.29 is 14.3 Å². The van der Waals surface area contributed by atoms with Gasteiger partial charge in [0.25, 0.3) is 5.91 Å². The minimum absolute atomic E-state index is 0.0593. The van der Waals surface area contributed by atoms with Gasteiger partial charge >= 0.3 is 0 Å². The summed E-state index contributed by atoms with van der Waals surface area (Å²) in [7, 11) is 1.64. The molecule has 0 spiro atoms. The average molecular weight is 477 g/mol. The Morgan fingerprint density at radius 1 is 1.15 bits per heavy atom. The van der Waals surface area contributed by atoms with Crippen molar-refractivity contribution in [3.8, 4) is 17.2 Å². The molecule has 7 nitrogen and oxygen atoms in total. The van der Waals surface area contributed by atoms with Gasteiger partial charge in [0.2, 0.25) is 0 Å². The van der Waals surface area contributed by atoms with E-state index in [-0.39, 0.29) is 17.1 Å². The van der Waals surface area contributed by atoms with E-state index >= 15 is 0 Å². The summed E-state index contributed by atoms with van der Waals surface area (Å²) < 4.78 is 11.8. The first-order valence-electron chi connectivity index (χ1n) is 11.2. The number of hydrogen-bond donors (Lipinski definition) is 0. The minimum atomic E-state index is -0.112. The Kier molecular flexibility index (Phi) is 5.87. The van der Waals surface area contributed by atoms with E-state index in [1.165, 1.54) is 0 Å². The fraction of sp³-hybridized carbons (Fsp3) is 0.269. The van der Waals surface area contributed by atoms with Gasteiger partial charge in [-0.25, -0.2) is 9.98 Å². The average Bonchev–Trinajstić information content (AvgIpc) is 2.99. The van der Waals surface area contributed by atoms with Crippen LogP contribution in [-0.4, -0.2) is 59.3 Å². The summed E-state index contributed by atoms with van der Waals surface area (Å²) in [6.45, 7) is 5.82. The number of pyridine rings is 1. The van der Waals surface area contributed by atoms with Crippen LogP contribution in [0.5, 0.6) is 17.2 Å². The first kappa shape index (κ1) is 22.2. The van der Waals surface area contributed by atoms with Gasteiger partial charge in [-0.1, -0.05) is 17.7 Å². The quantitative estimate of drug-likeness (QED) is 0.482. The molecule has 3 aromatic rings. The number of aromatic nitrogens is 1. The molecule has 1 fully saturated rings. The number of amidine groups is 1. The van der Waals surface area contributed by atoms with Crippen molar-refractivity contribution in [2.75, 3.05) is 26.7 Å². The van der Waals surface area contributed by atoms with Gasteiger partial charge in [-0.15, -0.1) is 0 Å². The van der Waals surface area contributed by atoms with Crippen molar-refractivity contribution in [2.24, 2.45) is 4.99 Å². The van der Waals surface area contributed by atoms with Crippen LogP contribution >= 0.6 is 11.6 Å². The second-order valence-corrected chi connectivity index (χ2v) is 8.86. The van der Waals surface area contributed by atoms with Crippen molar-refractivity contribution in [1.82, 2.24) is 14.8 Å². The van der Waals surface area contributed by atoms with Gasteiger partial charge in [0, 0.05) is 31.9 Å². The Balaban J connectivity index is 1.49. The molecule has 2 aliphatic rings. The van der Waals surface area contributed by atoms with E-state index in [0.29, 0.717) is 25.2 Å². The number of halogens is 1. The third-order valence-electron chi connectivity index (χ3n) is 6.17. The van der Waals surface area contributed by atoms with Crippen LogP contribution in [0.2, 0.25) is 5.15 Å². The summed E-state index contributed by atoms with van der Waals surface area (Å²) in [5.74, 6) is 2.85. The number of hydrogen-bond acceptors (Lipinski definition) is 6. The van der Waals surface area contributed by atoms with Gasteiger partial charge in [-0.3, -0.25) is 4.79 Å². The van der Waals surface area contributed by atoms with Crippen molar-refractivity contribution in [3.63, 3.8) is 0 Å². The smallest absolute Gasteiger partial charge is 0.257 e. The predicted molar refractivity (Wildman–Crippen MR) is 132 cm³/mol. The zero-order chi connectivity index (χ0) is 23.8. The van der Waals surface area contributed by atoms with Gasteiger partial charge < -0.3 is 19.3 Å². The highest BCUT2D eigenvalue weighted by atomic mass is 35.5. The number of amides is 1. The molecule has 2 aliphatic heterocycles. The van der Waals surface area contributed by atoms with Crippen molar-refractivity contribution in [2.45, 2.75) is 19.9 Å². The first-order chi connectivity index (χ1) is 16.4. The lowest BCUT2D eigenvalue weighted by molar-refractivity contribution is 0.0581. The summed E-state index contributed by atoms with van der Waals surface area (Å²) >= 11 is 6.18. The molecule has 1 atom stereocenters. The first-order valence-corrected chi connectivity index (χ1v) is 11.5. The number of ether oxygens (including phenoxy) is 2. The summed E-state index contributed by atoms with van der Waals surface area (Å²) in [5, 5.41) is 0.223. The number of aliphatic imine (C=N–C) groups is 1. The molecule has 1 aromatic heterocycles. The fourth-order valence-corrected chi connectivity index (χ4v) is 4.58. The van der Waals surface area contributed by atoms with Crippen LogP contribution in [0.3, 0.4) is 0 Å². The molecule has 0 radical (unpaired) electrons. The van der Waals surface area contributed by atoms with Crippen molar-refractivity contribution in [1.29, 1.82) is 0 Å². The molecule has 0 aliphatic carbocycles. The molecule has 5 rings (SSSR count). The molecule has 0 bridgehead atoms. The number of carbonyl (C=O) groups excluding carboxylic acids is 1. The van der Waals surface area contributed by atoms with Gasteiger partial charge in [0.15, 0.2) is 5.75 Å². The number of nitrogens with zero attached hydrogens (tertiary/aromatic N) is 4. The van der Waals surface area contributed by atoms with Crippen LogP contribution < -0.4 is 9.47 Å². The molecule has 3 heterocycles. The van der Waals surface area contributed by atoms with E-state index in [1.54, 1.807) is 25.4 Å². The Labute approximate surface area is 203 Å². The van der Waals surface area contributed by atoms with Crippen LogP contribution in [-0.2, 0) is 0 Å². The summed E-state index contributed by atoms with van der Waals surface area (Å²) in [5.41, 5.74) is 3.14. The number of benzene rings is 2. The van der Waals surface area contributed by atoms with Crippen LogP contribution in [0.15, 0.2) is 59.7 Å². The lowest BCUT2D eigenvalue weighted by atomic mass is 10.1. The van der Waals surface area contributed by atoms with E-state index in [0.717, 1.165) is 39.9 Å². The molecule has 1 saturated heterocycles. The standard InChI is InChI=1S/C26H25ClN4O3/c1-16-6-8-21-23(13-16)34-22-9-7-18(33-3)14-20(22)25(29-21)30-11-12-31(17(2)15-30)26(32)19-5-4-10-28-24(19)27/h4-10,13-14,17H,11-12,15H2,1-3H3/t17-/m0/s1. The predicted octanol–water partition coefficient (Wildman–Crippen LogP) is 5.08. The maximum atomic E-state index is 13.2. The van der Waals surface area contributed by atoms with E-state index in [1.807, 2.05) is 55.1 Å². The molecular weight excluding hydrogens is 452 g/mol. The number of rotatable bonds is 2. The second-order valence-electron chi connectivity index (χ2n) is 8.51. The Hall–Kier alpha value is -3.58. The summed E-state index contributed by atoms with van der Waals surface area (Å²) in [6, 6.07) is 15.1. The molecule has 34 heavy (non-hydrogen) atoms. The number of carbonyl (C=O) groups is 1. The number of fused-ring (bicyclic) bond motifs is 2. The van der Waals surface area contributed by atoms with Gasteiger partial charge in [0.1, 0.15) is 28.2 Å². The van der Waals surface area contributed by atoms with E-state index < -0.39 is 0 Å². The van der Waals surface area contributed by atoms with E-state index in [4.69, 9.17) is 26.1 Å². The maximum Gasteiger partial charge on any atom is 0.257 e. The molecule has 1 amide bonds. The highest BCUT2D eigenvalue weighted by Gasteiger charge is 2.33. The van der Waals surface area contributed by atoms with Gasteiger partial charge in [0.05, 0.1) is 18.2 Å². The molecule has 0 unspecified atom stereocenters. The lowest BCUT2D eigenvalue weighted by Gasteiger charge is -2.41. The van der Waals surface area contributed by atoms with Crippen molar-refractivity contribution in [3.05, 3.63) is 76.6 Å². The largest absolute Gasteiger partial charge is 0.497 e. The van der Waals surface area contributed by atoms with E-state index in [9.17, 15) is 4.79 Å². The van der Waals surface area contributed by atoms with Crippen molar-refractivity contribution >= 4 is 29.0 Å². The molecule has 2 aromatic carbocycles. The van der Waals surface area contributed by atoms with E-state index in [2.05, 4.69) is 9.88 Å². The highest BCUT2D eigenvalue weighted by Crippen LogP contribution is 2.40. The molecule has 0 N–H and O–H groups in total. The lowest BCUT2D eigenvalue weighted by Crippen LogP contribution is -2.55. The fourth-order valence-electron chi connectivity index (χ4n) is 4.38. The maximum absolute atomic E-state index is 13.2. The number of methoxy groups -OCH3 is 1. The van der Waals surface area contributed by atoms with Crippen LogP contribution in [0, 0.1) is 6.92 Å². The van der Waals surface area contributed by atoms with Crippen LogP contribution in [0.25, 0.3) is 0 Å². The third kappa shape index (κ3) is 4.07. The zero-order valence-electron chi connectivity index (χ0n) is 19.3. The number of piperazine rings is 1. The SMILES string of the molecule is COc1ccc2c(c1)C(N1CCN(C(=O)c3cccnc3Cl)[C@@H](C)C1)=Nc1ccc(C)cc1O2. The normalized spacial score (nSPS) is 17.2. The third-order valence-corrected chi connectivity index (χ3v) is 6.47. The zero-order valence-corrected chi connectivity index (χ0v) is 20.0. The highest BCUT2D eigenvalue weighted by molar-refractivity contribution is 6.32. The Morgan fingerprint density at radius 2 is 2.00 bits per heavy atom. The summed E-state index contributed by atoms with van der Waals surface area (Å²) in [6.07, 6.45) is 1.58. The molecule has 8 heteroatoms. The monoisotopic (exact) mass is 476 g/mol. The molecule has 0 saturated carbocycles. The summed E-state index contributed by atoms with van der Waals surface area (Å²) in [4.78, 5) is 26.3. The molecular formula is C26H25ClN4O3. The number of aryl methyl sites for hydroxylation is 1. The second kappa shape index (κ2) is 8.99. The topological polar surface area (TPSA) is 67.3 Å². The molecule has 174 valence electrons. The van der Waals surface area contributed by atoms with Gasteiger partial charge in [-0.05, 0) is 61.9 Å². The van der Waals surface area contributed by atoms with Crippen LogP contribution in [0.4, 0.5) is 5.69 Å². The minimum Gasteiger partial charge on any atom is -0.497 e.